The second kappa shape index (κ2) is 6.11. The van der Waals surface area contributed by atoms with Crippen molar-refractivity contribution in [2.75, 3.05) is 19.7 Å². The topological polar surface area (TPSA) is 104 Å². The fourth-order valence-electron chi connectivity index (χ4n) is 2.42. The Kier molecular flexibility index (Phi) is 4.44. The molecule has 0 aromatic rings. The number of hydrogen-bond acceptors (Lipinski definition) is 5. The van der Waals surface area contributed by atoms with E-state index in [2.05, 4.69) is 0 Å². The molecule has 1 unspecified atom stereocenters. The maximum absolute atomic E-state index is 12.4. The molecular formula is C13H18N2O6. The number of nitrogens with zero attached hydrogens (tertiary/aromatic N) is 2. The SMILES string of the molecule is CCOC(=O)CN1C(=O)CN(C2CC2)C(=O)C1CC(=O)O. The number of rotatable bonds is 6. The summed E-state index contributed by atoms with van der Waals surface area (Å²) in [5.74, 6) is -2.65. The predicted octanol–water partition coefficient (Wildman–Crippen LogP) is -0.774. The summed E-state index contributed by atoms with van der Waals surface area (Å²) >= 11 is 0. The Bertz CT molecular complexity index is 473. The highest BCUT2D eigenvalue weighted by atomic mass is 16.5. The van der Waals surface area contributed by atoms with Crippen LogP contribution in [0.3, 0.4) is 0 Å². The van der Waals surface area contributed by atoms with E-state index in [1.54, 1.807) is 6.92 Å². The number of piperazine rings is 1. The molecule has 1 aliphatic heterocycles. The highest BCUT2D eigenvalue weighted by Gasteiger charge is 2.46. The monoisotopic (exact) mass is 298 g/mol. The summed E-state index contributed by atoms with van der Waals surface area (Å²) in [6.45, 7) is 1.30. The van der Waals surface area contributed by atoms with Crippen molar-refractivity contribution in [1.82, 2.24) is 9.80 Å². The van der Waals surface area contributed by atoms with E-state index in [0.29, 0.717) is 0 Å². The summed E-state index contributed by atoms with van der Waals surface area (Å²) in [5, 5.41) is 8.94. The number of carbonyl (C=O) groups is 4. The van der Waals surface area contributed by atoms with Gasteiger partial charge >= 0.3 is 11.9 Å². The van der Waals surface area contributed by atoms with Crippen LogP contribution in [-0.4, -0.2) is 70.4 Å². The second-order valence-corrected chi connectivity index (χ2v) is 5.14. The molecule has 0 aromatic carbocycles. The fraction of sp³-hybridized carbons (Fsp3) is 0.692. The number of ether oxygens (including phenoxy) is 1. The minimum atomic E-state index is -1.19. The second-order valence-electron chi connectivity index (χ2n) is 5.14. The summed E-state index contributed by atoms with van der Waals surface area (Å²) in [5.41, 5.74) is 0. The Hall–Kier alpha value is -2.12. The van der Waals surface area contributed by atoms with Gasteiger partial charge in [-0.3, -0.25) is 19.2 Å². The van der Waals surface area contributed by atoms with E-state index >= 15 is 0 Å². The van der Waals surface area contributed by atoms with Crippen LogP contribution in [0.2, 0.25) is 0 Å². The zero-order valence-corrected chi connectivity index (χ0v) is 11.8. The first-order valence-electron chi connectivity index (χ1n) is 6.91. The molecule has 2 amide bonds. The summed E-state index contributed by atoms with van der Waals surface area (Å²) < 4.78 is 4.76. The van der Waals surface area contributed by atoms with Gasteiger partial charge in [0.1, 0.15) is 19.1 Å². The lowest BCUT2D eigenvalue weighted by Crippen LogP contribution is -2.61. The fourth-order valence-corrected chi connectivity index (χ4v) is 2.42. The van der Waals surface area contributed by atoms with Crippen LogP contribution in [0.5, 0.6) is 0 Å². The minimum Gasteiger partial charge on any atom is -0.481 e. The molecule has 21 heavy (non-hydrogen) atoms. The number of carboxylic acids is 1. The van der Waals surface area contributed by atoms with Crippen LogP contribution in [0.25, 0.3) is 0 Å². The molecule has 1 saturated heterocycles. The third-order valence-corrected chi connectivity index (χ3v) is 3.53. The number of amides is 2. The van der Waals surface area contributed by atoms with E-state index in [4.69, 9.17) is 9.84 Å². The van der Waals surface area contributed by atoms with Crippen molar-refractivity contribution in [1.29, 1.82) is 0 Å². The Morgan fingerprint density at radius 2 is 2.00 bits per heavy atom. The van der Waals surface area contributed by atoms with Gasteiger partial charge < -0.3 is 19.6 Å². The van der Waals surface area contributed by atoms with Crippen LogP contribution in [0, 0.1) is 0 Å². The van der Waals surface area contributed by atoms with E-state index in [0.717, 1.165) is 17.7 Å². The van der Waals surface area contributed by atoms with Gasteiger partial charge in [-0.05, 0) is 19.8 Å². The molecule has 0 bridgehead atoms. The highest BCUT2D eigenvalue weighted by molar-refractivity contribution is 5.98. The van der Waals surface area contributed by atoms with E-state index in [9.17, 15) is 19.2 Å². The zero-order chi connectivity index (χ0) is 15.6. The van der Waals surface area contributed by atoms with Gasteiger partial charge in [0.2, 0.25) is 11.8 Å². The van der Waals surface area contributed by atoms with Crippen molar-refractivity contribution in [3.8, 4) is 0 Å². The average molecular weight is 298 g/mol. The van der Waals surface area contributed by atoms with E-state index in [-0.39, 0.29) is 19.2 Å². The summed E-state index contributed by atoms with van der Waals surface area (Å²) in [6, 6.07) is -1.10. The Morgan fingerprint density at radius 1 is 1.33 bits per heavy atom. The van der Waals surface area contributed by atoms with Gasteiger partial charge in [0.25, 0.3) is 0 Å². The van der Waals surface area contributed by atoms with E-state index in [1.807, 2.05) is 0 Å². The quantitative estimate of drug-likeness (QED) is 0.645. The molecule has 1 atom stereocenters. The molecule has 2 aliphatic rings. The lowest BCUT2D eigenvalue weighted by Gasteiger charge is -2.39. The standard InChI is InChI=1S/C13H18N2O6/c1-2-21-12(19)7-15-9(5-11(17)18)13(20)14(6-10(15)16)8-3-4-8/h8-9H,2-7H2,1H3,(H,17,18). The summed E-state index contributed by atoms with van der Waals surface area (Å²) in [6.07, 6.45) is 1.15. The third-order valence-electron chi connectivity index (χ3n) is 3.53. The molecular weight excluding hydrogens is 280 g/mol. The molecule has 1 heterocycles. The van der Waals surface area contributed by atoms with E-state index in [1.165, 1.54) is 4.90 Å². The number of esters is 1. The molecule has 116 valence electrons. The molecule has 0 aromatic heterocycles. The first-order valence-corrected chi connectivity index (χ1v) is 6.91. The van der Waals surface area contributed by atoms with Crippen LogP contribution in [0.4, 0.5) is 0 Å². The van der Waals surface area contributed by atoms with Gasteiger partial charge in [-0.25, -0.2) is 0 Å². The molecule has 1 saturated carbocycles. The summed E-state index contributed by atoms with van der Waals surface area (Å²) in [7, 11) is 0. The Balaban J connectivity index is 2.15. The van der Waals surface area contributed by atoms with Crippen LogP contribution < -0.4 is 0 Å². The van der Waals surface area contributed by atoms with Gasteiger partial charge in [-0.1, -0.05) is 0 Å². The van der Waals surface area contributed by atoms with Gasteiger partial charge in [0, 0.05) is 6.04 Å². The van der Waals surface area contributed by atoms with Gasteiger partial charge in [0.15, 0.2) is 0 Å². The lowest BCUT2D eigenvalue weighted by molar-refractivity contribution is -0.164. The maximum Gasteiger partial charge on any atom is 0.325 e. The number of carbonyl (C=O) groups excluding carboxylic acids is 3. The Morgan fingerprint density at radius 3 is 2.52 bits per heavy atom. The predicted molar refractivity (Wildman–Crippen MR) is 69.1 cm³/mol. The van der Waals surface area contributed by atoms with Crippen molar-refractivity contribution in [2.24, 2.45) is 0 Å². The van der Waals surface area contributed by atoms with Crippen molar-refractivity contribution in [3.05, 3.63) is 0 Å². The van der Waals surface area contributed by atoms with Crippen molar-refractivity contribution < 1.29 is 29.0 Å². The molecule has 8 heteroatoms. The zero-order valence-electron chi connectivity index (χ0n) is 11.8. The summed E-state index contributed by atoms with van der Waals surface area (Å²) in [4.78, 5) is 49.4. The number of hydrogen-bond donors (Lipinski definition) is 1. The smallest absolute Gasteiger partial charge is 0.325 e. The molecule has 2 rings (SSSR count). The molecule has 8 nitrogen and oxygen atoms in total. The first kappa shape index (κ1) is 15.3. The first-order chi connectivity index (χ1) is 9.93. The van der Waals surface area contributed by atoms with Crippen LogP contribution in [-0.2, 0) is 23.9 Å². The van der Waals surface area contributed by atoms with Crippen LogP contribution in [0.1, 0.15) is 26.2 Å². The van der Waals surface area contributed by atoms with Gasteiger partial charge in [-0.2, -0.15) is 0 Å². The third kappa shape index (κ3) is 3.50. The van der Waals surface area contributed by atoms with Crippen molar-refractivity contribution >= 4 is 23.8 Å². The lowest BCUT2D eigenvalue weighted by atomic mass is 10.1. The molecule has 0 radical (unpaired) electrons. The minimum absolute atomic E-state index is 0.0301. The average Bonchev–Trinajstić information content (AvgIpc) is 3.22. The number of aliphatic carboxylic acids is 1. The largest absolute Gasteiger partial charge is 0.481 e. The van der Waals surface area contributed by atoms with Crippen LogP contribution >= 0.6 is 0 Å². The Labute approximate surface area is 121 Å². The van der Waals surface area contributed by atoms with E-state index < -0.39 is 42.8 Å². The highest BCUT2D eigenvalue weighted by Crippen LogP contribution is 2.30. The van der Waals surface area contributed by atoms with Crippen LogP contribution in [0.15, 0.2) is 0 Å². The normalized spacial score (nSPS) is 22.4. The molecule has 1 N–H and O–H groups in total. The van der Waals surface area contributed by atoms with Crippen molar-refractivity contribution in [3.63, 3.8) is 0 Å². The molecule has 0 spiro atoms. The maximum atomic E-state index is 12.4. The number of carboxylic acid groups (broad SMARTS) is 1. The molecule has 2 fully saturated rings. The molecule has 1 aliphatic carbocycles. The van der Waals surface area contributed by atoms with Gasteiger partial charge in [-0.15, -0.1) is 0 Å². The van der Waals surface area contributed by atoms with Gasteiger partial charge in [0.05, 0.1) is 13.0 Å². The van der Waals surface area contributed by atoms with Crippen molar-refractivity contribution in [2.45, 2.75) is 38.3 Å².